The van der Waals surface area contributed by atoms with Crippen LogP contribution in [-0.4, -0.2) is 25.5 Å². The lowest BCUT2D eigenvalue weighted by molar-refractivity contribution is -0.122. The molecule has 0 aliphatic carbocycles. The van der Waals surface area contributed by atoms with Gasteiger partial charge in [-0.25, -0.2) is 0 Å². The number of nitrogens with one attached hydrogen (secondary N) is 1. The molecular weight excluding hydrogens is 166 g/mol. The second-order valence-electron chi connectivity index (χ2n) is 3.61. The molecule has 2 heterocycles. The zero-order chi connectivity index (χ0) is 9.10. The minimum atomic E-state index is 0.151. The Hall–Kier alpha value is -0.830. The van der Waals surface area contributed by atoms with E-state index in [0.29, 0.717) is 12.4 Å². The topological polar surface area (TPSA) is 38.3 Å². The first kappa shape index (κ1) is 8.75. The molecule has 3 nitrogen and oxygen atoms in total. The smallest absolute Gasteiger partial charge is 0.201 e. The third-order valence-electron chi connectivity index (χ3n) is 2.62. The molecular formula is C10H15NO2. The Bertz CT molecular complexity index is 229. The van der Waals surface area contributed by atoms with E-state index >= 15 is 0 Å². The van der Waals surface area contributed by atoms with E-state index < -0.39 is 0 Å². The fourth-order valence-electron chi connectivity index (χ4n) is 1.87. The van der Waals surface area contributed by atoms with Crippen molar-refractivity contribution in [2.24, 2.45) is 5.92 Å². The van der Waals surface area contributed by atoms with Gasteiger partial charge in [0.1, 0.15) is 0 Å². The standard InChI is InChI=1S/C10H15NO2/c12-10(9-4-2-6-13-9)8-3-1-5-11-7-8/h4,8,11H,1-3,5-7H2. The van der Waals surface area contributed by atoms with Gasteiger partial charge < -0.3 is 10.1 Å². The lowest BCUT2D eigenvalue weighted by Gasteiger charge is -2.21. The molecule has 1 atom stereocenters. The average molecular weight is 181 g/mol. The van der Waals surface area contributed by atoms with Crippen molar-refractivity contribution in [3.8, 4) is 0 Å². The minimum Gasteiger partial charge on any atom is -0.490 e. The number of ketones is 1. The Morgan fingerprint density at radius 1 is 1.62 bits per heavy atom. The number of carbonyl (C=O) groups excluding carboxylic acids is 1. The number of carbonyl (C=O) groups is 1. The van der Waals surface area contributed by atoms with Crippen LogP contribution in [0.3, 0.4) is 0 Å². The highest BCUT2D eigenvalue weighted by molar-refractivity contribution is 5.95. The Morgan fingerprint density at radius 3 is 3.15 bits per heavy atom. The van der Waals surface area contributed by atoms with Crippen LogP contribution in [0, 0.1) is 5.92 Å². The van der Waals surface area contributed by atoms with Gasteiger partial charge in [-0.15, -0.1) is 0 Å². The van der Waals surface area contributed by atoms with E-state index in [9.17, 15) is 4.79 Å². The third kappa shape index (κ3) is 1.91. The SMILES string of the molecule is O=C(C1=CCCO1)C1CCCNC1. The highest BCUT2D eigenvalue weighted by Gasteiger charge is 2.26. The van der Waals surface area contributed by atoms with Gasteiger partial charge in [-0.2, -0.15) is 0 Å². The van der Waals surface area contributed by atoms with Crippen LogP contribution in [0.4, 0.5) is 0 Å². The van der Waals surface area contributed by atoms with Crippen molar-refractivity contribution in [3.63, 3.8) is 0 Å². The summed E-state index contributed by atoms with van der Waals surface area (Å²) >= 11 is 0. The van der Waals surface area contributed by atoms with Gasteiger partial charge in [0.25, 0.3) is 0 Å². The fraction of sp³-hybridized carbons (Fsp3) is 0.700. The third-order valence-corrected chi connectivity index (χ3v) is 2.62. The molecule has 0 radical (unpaired) electrons. The summed E-state index contributed by atoms with van der Waals surface area (Å²) in [5, 5.41) is 3.24. The molecule has 0 aromatic rings. The first-order valence-electron chi connectivity index (χ1n) is 4.96. The van der Waals surface area contributed by atoms with Crippen molar-refractivity contribution in [2.45, 2.75) is 19.3 Å². The number of piperidine rings is 1. The van der Waals surface area contributed by atoms with E-state index in [4.69, 9.17) is 4.74 Å². The van der Waals surface area contributed by atoms with E-state index in [1.165, 1.54) is 0 Å². The summed E-state index contributed by atoms with van der Waals surface area (Å²) in [4.78, 5) is 11.8. The molecule has 0 bridgehead atoms. The van der Waals surface area contributed by atoms with Crippen LogP contribution in [0.2, 0.25) is 0 Å². The van der Waals surface area contributed by atoms with Crippen LogP contribution in [0.1, 0.15) is 19.3 Å². The van der Waals surface area contributed by atoms with Gasteiger partial charge >= 0.3 is 0 Å². The van der Waals surface area contributed by atoms with E-state index in [1.807, 2.05) is 6.08 Å². The Kier molecular flexibility index (Phi) is 2.64. The van der Waals surface area contributed by atoms with Gasteiger partial charge in [0.2, 0.25) is 5.78 Å². The predicted molar refractivity (Wildman–Crippen MR) is 49.3 cm³/mol. The Balaban J connectivity index is 1.94. The first-order chi connectivity index (χ1) is 6.38. The summed E-state index contributed by atoms with van der Waals surface area (Å²) < 4.78 is 5.25. The largest absolute Gasteiger partial charge is 0.490 e. The lowest BCUT2D eigenvalue weighted by Crippen LogP contribution is -2.35. The second kappa shape index (κ2) is 3.92. The van der Waals surface area contributed by atoms with Crippen molar-refractivity contribution in [1.82, 2.24) is 5.32 Å². The summed E-state index contributed by atoms with van der Waals surface area (Å²) in [5.74, 6) is 0.955. The van der Waals surface area contributed by atoms with E-state index in [2.05, 4.69) is 5.32 Å². The maximum absolute atomic E-state index is 11.8. The van der Waals surface area contributed by atoms with E-state index in [1.54, 1.807) is 0 Å². The van der Waals surface area contributed by atoms with Crippen molar-refractivity contribution in [3.05, 3.63) is 11.8 Å². The highest BCUT2D eigenvalue weighted by atomic mass is 16.5. The zero-order valence-corrected chi connectivity index (χ0v) is 7.71. The number of Topliss-reactive ketones (excluding diaryl/α,β-unsaturated/α-hetero) is 1. The summed E-state index contributed by atoms with van der Waals surface area (Å²) in [6, 6.07) is 0. The molecule has 2 aliphatic heterocycles. The summed E-state index contributed by atoms with van der Waals surface area (Å²) in [6.45, 7) is 2.55. The minimum absolute atomic E-state index is 0.151. The molecule has 0 spiro atoms. The van der Waals surface area contributed by atoms with Gasteiger partial charge in [-0.05, 0) is 25.5 Å². The number of hydrogen-bond donors (Lipinski definition) is 1. The maximum Gasteiger partial charge on any atom is 0.201 e. The van der Waals surface area contributed by atoms with E-state index in [-0.39, 0.29) is 11.7 Å². The molecule has 1 N–H and O–H groups in total. The number of rotatable bonds is 2. The molecule has 72 valence electrons. The van der Waals surface area contributed by atoms with E-state index in [0.717, 1.165) is 32.4 Å². The molecule has 0 aromatic heterocycles. The van der Waals surface area contributed by atoms with Gasteiger partial charge in [-0.3, -0.25) is 4.79 Å². The fourth-order valence-corrected chi connectivity index (χ4v) is 1.87. The first-order valence-corrected chi connectivity index (χ1v) is 4.96. The molecule has 13 heavy (non-hydrogen) atoms. The van der Waals surface area contributed by atoms with Crippen molar-refractivity contribution in [2.75, 3.05) is 19.7 Å². The average Bonchev–Trinajstić information content (AvgIpc) is 2.71. The van der Waals surface area contributed by atoms with Crippen LogP contribution in [0.15, 0.2) is 11.8 Å². The molecule has 0 amide bonds. The molecule has 0 saturated carbocycles. The Labute approximate surface area is 78.1 Å². The van der Waals surface area contributed by atoms with Gasteiger partial charge in [0, 0.05) is 18.9 Å². The number of hydrogen-bond acceptors (Lipinski definition) is 3. The Morgan fingerprint density at radius 2 is 2.54 bits per heavy atom. The molecule has 2 rings (SSSR count). The van der Waals surface area contributed by atoms with Crippen LogP contribution in [0.5, 0.6) is 0 Å². The monoisotopic (exact) mass is 181 g/mol. The zero-order valence-electron chi connectivity index (χ0n) is 7.71. The molecule has 1 fully saturated rings. The normalized spacial score (nSPS) is 28.0. The lowest BCUT2D eigenvalue weighted by atomic mass is 9.94. The van der Waals surface area contributed by atoms with Crippen molar-refractivity contribution in [1.29, 1.82) is 0 Å². The second-order valence-corrected chi connectivity index (χ2v) is 3.61. The molecule has 2 aliphatic rings. The van der Waals surface area contributed by atoms with Gasteiger partial charge in [-0.1, -0.05) is 0 Å². The van der Waals surface area contributed by atoms with Crippen LogP contribution >= 0.6 is 0 Å². The molecule has 0 aromatic carbocycles. The quantitative estimate of drug-likeness (QED) is 0.686. The summed E-state index contributed by atoms with van der Waals surface area (Å²) in [6.07, 6.45) is 4.91. The van der Waals surface area contributed by atoms with Gasteiger partial charge in [0.05, 0.1) is 6.61 Å². The summed E-state index contributed by atoms with van der Waals surface area (Å²) in [5.41, 5.74) is 0. The summed E-state index contributed by atoms with van der Waals surface area (Å²) in [7, 11) is 0. The molecule has 1 unspecified atom stereocenters. The van der Waals surface area contributed by atoms with Crippen LogP contribution in [-0.2, 0) is 9.53 Å². The van der Waals surface area contributed by atoms with Gasteiger partial charge in [0.15, 0.2) is 5.76 Å². The number of ether oxygens (including phenoxy) is 1. The molecule has 1 saturated heterocycles. The predicted octanol–water partition coefficient (Wildman–Crippen LogP) is 0.859. The van der Waals surface area contributed by atoms with Crippen molar-refractivity contribution >= 4 is 5.78 Å². The maximum atomic E-state index is 11.8. The highest BCUT2D eigenvalue weighted by Crippen LogP contribution is 2.19. The number of allylic oxidation sites excluding steroid dienone is 1. The van der Waals surface area contributed by atoms with Crippen LogP contribution < -0.4 is 5.32 Å². The van der Waals surface area contributed by atoms with Crippen molar-refractivity contribution < 1.29 is 9.53 Å². The van der Waals surface area contributed by atoms with Crippen LogP contribution in [0.25, 0.3) is 0 Å². The molecule has 3 heteroatoms.